The first-order valence-corrected chi connectivity index (χ1v) is 8.37. The molecule has 124 valence electrons. The van der Waals surface area contributed by atoms with Crippen molar-refractivity contribution in [3.8, 4) is 0 Å². The number of aryl methyl sites for hydroxylation is 2. The van der Waals surface area contributed by atoms with Crippen molar-refractivity contribution in [2.45, 2.75) is 24.8 Å². The number of anilines is 1. The molecule has 0 fully saturated rings. The molecule has 2 aromatic rings. The fraction of sp³-hybridized carbons (Fsp3) is 0.500. The van der Waals surface area contributed by atoms with Crippen molar-refractivity contribution in [2.24, 2.45) is 0 Å². The number of fused-ring (bicyclic) bond motifs is 1. The van der Waals surface area contributed by atoms with Crippen molar-refractivity contribution < 1.29 is 17.6 Å². The van der Waals surface area contributed by atoms with Crippen LogP contribution in [0.5, 0.6) is 0 Å². The van der Waals surface area contributed by atoms with E-state index in [2.05, 4.69) is 15.5 Å². The van der Waals surface area contributed by atoms with E-state index in [1.165, 1.54) is 36.7 Å². The van der Waals surface area contributed by atoms with Gasteiger partial charge in [-0.2, -0.15) is 0 Å². The number of carbonyl (C=O) groups is 1. The third kappa shape index (κ3) is 2.51. The maximum Gasteiger partial charge on any atom is 0.296 e. The van der Waals surface area contributed by atoms with Crippen LogP contribution in [0.4, 0.5) is 5.95 Å². The molecule has 0 bridgehead atoms. The SMILES string of the molecule is Cc1oc(C(=O)N2CCCn3nnnc32)cc1S(=O)(=O)N(C)C. The number of furan rings is 1. The first-order valence-electron chi connectivity index (χ1n) is 6.93. The van der Waals surface area contributed by atoms with Crippen LogP contribution in [0.2, 0.25) is 0 Å². The van der Waals surface area contributed by atoms with E-state index < -0.39 is 15.9 Å². The summed E-state index contributed by atoms with van der Waals surface area (Å²) in [4.78, 5) is 14.0. The molecule has 3 rings (SSSR count). The summed E-state index contributed by atoms with van der Waals surface area (Å²) in [5.74, 6) is -0.0330. The lowest BCUT2D eigenvalue weighted by Gasteiger charge is -2.24. The second kappa shape index (κ2) is 5.42. The smallest absolute Gasteiger partial charge is 0.296 e. The molecule has 0 radical (unpaired) electrons. The summed E-state index contributed by atoms with van der Waals surface area (Å²) in [6.45, 7) is 2.58. The lowest BCUT2D eigenvalue weighted by molar-refractivity contribution is 0.0952. The Morgan fingerprint density at radius 2 is 2.09 bits per heavy atom. The zero-order chi connectivity index (χ0) is 16.8. The first kappa shape index (κ1) is 15.6. The van der Waals surface area contributed by atoms with Gasteiger partial charge < -0.3 is 4.42 Å². The van der Waals surface area contributed by atoms with Gasteiger partial charge in [0.15, 0.2) is 5.76 Å². The normalized spacial score (nSPS) is 15.0. The zero-order valence-electron chi connectivity index (χ0n) is 12.9. The predicted molar refractivity (Wildman–Crippen MR) is 78.4 cm³/mol. The van der Waals surface area contributed by atoms with Crippen LogP contribution < -0.4 is 4.90 Å². The summed E-state index contributed by atoms with van der Waals surface area (Å²) in [5, 5.41) is 11.2. The minimum Gasteiger partial charge on any atom is -0.455 e. The molecule has 1 amide bonds. The van der Waals surface area contributed by atoms with Gasteiger partial charge in [-0.3, -0.25) is 9.69 Å². The standard InChI is InChI=1S/C12H16N6O4S/c1-8-10(23(20,21)16(2)3)7-9(22-8)11(19)17-5-4-6-18-12(17)13-14-15-18/h7H,4-6H2,1-3H3. The molecule has 0 spiro atoms. The van der Waals surface area contributed by atoms with Gasteiger partial charge in [-0.25, -0.2) is 17.4 Å². The van der Waals surface area contributed by atoms with Gasteiger partial charge in [0.1, 0.15) is 10.7 Å². The van der Waals surface area contributed by atoms with Crippen LogP contribution >= 0.6 is 0 Å². The first-order chi connectivity index (χ1) is 10.8. The van der Waals surface area contributed by atoms with E-state index in [-0.39, 0.29) is 16.4 Å². The van der Waals surface area contributed by atoms with Gasteiger partial charge in [-0.05, 0) is 23.8 Å². The lowest BCUT2D eigenvalue weighted by atomic mass is 10.3. The number of sulfonamides is 1. The molecule has 0 saturated carbocycles. The van der Waals surface area contributed by atoms with Crippen LogP contribution in [0.25, 0.3) is 0 Å². The number of tetrazole rings is 1. The molecule has 1 aliphatic rings. The Hall–Kier alpha value is -2.27. The van der Waals surface area contributed by atoms with Crippen molar-refractivity contribution in [1.29, 1.82) is 0 Å². The maximum atomic E-state index is 12.6. The molecule has 0 atom stereocenters. The minimum atomic E-state index is -3.68. The molecule has 3 heterocycles. The van der Waals surface area contributed by atoms with Gasteiger partial charge in [0.05, 0.1) is 0 Å². The Kier molecular flexibility index (Phi) is 3.68. The average Bonchev–Trinajstić information content (AvgIpc) is 3.12. The number of nitrogens with zero attached hydrogens (tertiary/aromatic N) is 6. The molecule has 0 saturated heterocycles. The average molecular weight is 340 g/mol. The molecule has 1 aliphatic heterocycles. The summed E-state index contributed by atoms with van der Waals surface area (Å²) < 4.78 is 32.4. The van der Waals surface area contributed by atoms with Crippen LogP contribution in [0.1, 0.15) is 22.7 Å². The number of carbonyl (C=O) groups excluding carboxylic acids is 1. The Morgan fingerprint density at radius 3 is 2.78 bits per heavy atom. The number of amides is 1. The molecule has 0 unspecified atom stereocenters. The topological polar surface area (TPSA) is 114 Å². The summed E-state index contributed by atoms with van der Waals surface area (Å²) in [7, 11) is -0.840. The predicted octanol–water partition coefficient (Wildman–Crippen LogP) is -0.125. The van der Waals surface area contributed by atoms with Crippen LogP contribution in [0, 0.1) is 6.92 Å². The highest BCUT2D eigenvalue weighted by molar-refractivity contribution is 7.89. The summed E-state index contributed by atoms with van der Waals surface area (Å²) in [6, 6.07) is 1.25. The lowest BCUT2D eigenvalue weighted by Crippen LogP contribution is -2.38. The fourth-order valence-corrected chi connectivity index (χ4v) is 3.42. The van der Waals surface area contributed by atoms with Crippen LogP contribution in [-0.4, -0.2) is 59.5 Å². The second-order valence-electron chi connectivity index (χ2n) is 5.33. The highest BCUT2D eigenvalue weighted by Crippen LogP contribution is 2.25. The van der Waals surface area contributed by atoms with Crippen molar-refractivity contribution >= 4 is 21.9 Å². The quantitative estimate of drug-likeness (QED) is 0.765. The van der Waals surface area contributed by atoms with E-state index in [0.29, 0.717) is 25.5 Å². The molecule has 10 nitrogen and oxygen atoms in total. The Labute approximate surface area is 132 Å². The van der Waals surface area contributed by atoms with Crippen molar-refractivity contribution in [3.63, 3.8) is 0 Å². The molecule has 11 heteroatoms. The number of hydrogen-bond acceptors (Lipinski definition) is 7. The van der Waals surface area contributed by atoms with Gasteiger partial charge in [0.25, 0.3) is 11.9 Å². The number of rotatable bonds is 3. The summed E-state index contributed by atoms with van der Waals surface area (Å²) in [5.41, 5.74) is 0. The summed E-state index contributed by atoms with van der Waals surface area (Å²) >= 11 is 0. The Morgan fingerprint density at radius 1 is 1.35 bits per heavy atom. The van der Waals surface area contributed by atoms with E-state index in [0.717, 1.165) is 4.31 Å². The third-order valence-electron chi connectivity index (χ3n) is 3.59. The molecule has 0 N–H and O–H groups in total. The molecule has 0 aliphatic carbocycles. The third-order valence-corrected chi connectivity index (χ3v) is 5.52. The molecule has 23 heavy (non-hydrogen) atoms. The highest BCUT2D eigenvalue weighted by atomic mass is 32.2. The largest absolute Gasteiger partial charge is 0.455 e. The fourth-order valence-electron chi connectivity index (χ4n) is 2.37. The van der Waals surface area contributed by atoms with Gasteiger partial charge in [-0.1, -0.05) is 5.10 Å². The number of aromatic nitrogens is 4. The van der Waals surface area contributed by atoms with E-state index in [1.807, 2.05) is 0 Å². The maximum absolute atomic E-state index is 12.6. The number of hydrogen-bond donors (Lipinski definition) is 0. The van der Waals surface area contributed by atoms with Crippen LogP contribution in [0.3, 0.4) is 0 Å². The van der Waals surface area contributed by atoms with Gasteiger partial charge >= 0.3 is 0 Å². The van der Waals surface area contributed by atoms with Gasteiger partial charge in [-0.15, -0.1) is 0 Å². The molecular weight excluding hydrogens is 324 g/mol. The van der Waals surface area contributed by atoms with Crippen molar-refractivity contribution in [3.05, 3.63) is 17.6 Å². The molecular formula is C12H16N6O4S. The van der Waals surface area contributed by atoms with Crippen LogP contribution in [0.15, 0.2) is 15.4 Å². The van der Waals surface area contributed by atoms with Crippen LogP contribution in [-0.2, 0) is 16.6 Å². The molecule has 2 aromatic heterocycles. The van der Waals surface area contributed by atoms with Gasteiger partial charge in [0, 0.05) is 33.3 Å². The van der Waals surface area contributed by atoms with E-state index in [4.69, 9.17) is 4.42 Å². The molecule has 0 aromatic carbocycles. The Balaban J connectivity index is 1.97. The van der Waals surface area contributed by atoms with Crippen molar-refractivity contribution in [2.75, 3.05) is 25.5 Å². The monoisotopic (exact) mass is 340 g/mol. The summed E-state index contributed by atoms with van der Waals surface area (Å²) in [6.07, 6.45) is 0.701. The van der Waals surface area contributed by atoms with Gasteiger partial charge in [0.2, 0.25) is 10.0 Å². The second-order valence-corrected chi connectivity index (χ2v) is 7.45. The van der Waals surface area contributed by atoms with E-state index in [1.54, 1.807) is 0 Å². The highest BCUT2D eigenvalue weighted by Gasteiger charge is 2.31. The zero-order valence-corrected chi connectivity index (χ0v) is 13.7. The minimum absolute atomic E-state index is 0.0255. The van der Waals surface area contributed by atoms with E-state index >= 15 is 0 Å². The van der Waals surface area contributed by atoms with E-state index in [9.17, 15) is 13.2 Å². The Bertz CT molecular complexity index is 853. The van der Waals surface area contributed by atoms with Crippen molar-refractivity contribution in [1.82, 2.24) is 24.5 Å².